The van der Waals surface area contributed by atoms with Crippen molar-refractivity contribution in [2.45, 2.75) is 19.8 Å². The molecule has 0 spiro atoms. The van der Waals surface area contributed by atoms with Crippen LogP contribution in [0, 0.1) is 11.7 Å². The second-order valence-corrected chi connectivity index (χ2v) is 9.21. The number of likely N-dealkylation sites (tertiary alicyclic amines) is 1. The molecule has 2 saturated heterocycles. The van der Waals surface area contributed by atoms with E-state index in [4.69, 9.17) is 4.74 Å². The third-order valence-corrected chi connectivity index (χ3v) is 6.97. The maximum Gasteiger partial charge on any atom is 0.310 e. The monoisotopic (exact) mass is 491 g/mol. The van der Waals surface area contributed by atoms with Crippen molar-refractivity contribution in [2.24, 2.45) is 5.92 Å². The van der Waals surface area contributed by atoms with Crippen molar-refractivity contribution in [1.82, 2.24) is 15.1 Å². The van der Waals surface area contributed by atoms with E-state index in [1.165, 1.54) is 12.1 Å². The Morgan fingerprint density at radius 1 is 0.944 bits per heavy atom. The third kappa shape index (κ3) is 4.82. The largest absolute Gasteiger partial charge is 0.466 e. The number of piperidine rings is 1. The maximum absolute atomic E-state index is 13.5. The van der Waals surface area contributed by atoms with Crippen molar-refractivity contribution in [3.63, 3.8) is 0 Å². The first-order valence-electron chi connectivity index (χ1n) is 12.5. The number of carbonyl (C=O) groups is 2. The second-order valence-electron chi connectivity index (χ2n) is 9.21. The molecule has 2 aliphatic heterocycles. The molecule has 0 aliphatic carbocycles. The van der Waals surface area contributed by atoms with E-state index in [1.54, 1.807) is 24.0 Å². The highest BCUT2D eigenvalue weighted by Crippen LogP contribution is 2.29. The van der Waals surface area contributed by atoms with Crippen LogP contribution in [0.1, 0.15) is 30.3 Å². The Hall–Kier alpha value is -3.75. The number of hydrogen-bond donors (Lipinski definition) is 0. The molecule has 2 aliphatic rings. The van der Waals surface area contributed by atoms with Crippen LogP contribution in [0.25, 0.3) is 10.8 Å². The van der Waals surface area contributed by atoms with Gasteiger partial charge in [0.25, 0.3) is 5.91 Å². The molecule has 9 heteroatoms. The van der Waals surface area contributed by atoms with Gasteiger partial charge in [0.1, 0.15) is 5.82 Å². The quantitative estimate of drug-likeness (QED) is 0.506. The second kappa shape index (κ2) is 10.5. The smallest absolute Gasteiger partial charge is 0.310 e. The van der Waals surface area contributed by atoms with Gasteiger partial charge < -0.3 is 19.4 Å². The molecule has 36 heavy (non-hydrogen) atoms. The van der Waals surface area contributed by atoms with Gasteiger partial charge in [0.05, 0.1) is 12.5 Å². The average Bonchev–Trinajstić information content (AvgIpc) is 2.93. The summed E-state index contributed by atoms with van der Waals surface area (Å²) in [6.07, 6.45) is 1.47. The zero-order valence-electron chi connectivity index (χ0n) is 20.4. The first kappa shape index (κ1) is 24.0. The van der Waals surface area contributed by atoms with Crippen LogP contribution in [0.15, 0.2) is 48.5 Å². The summed E-state index contributed by atoms with van der Waals surface area (Å²) in [4.78, 5) is 31.8. The number of rotatable bonds is 5. The van der Waals surface area contributed by atoms with Gasteiger partial charge >= 0.3 is 5.97 Å². The van der Waals surface area contributed by atoms with Crippen molar-refractivity contribution in [2.75, 3.05) is 55.7 Å². The number of piperazine rings is 1. The van der Waals surface area contributed by atoms with Crippen LogP contribution >= 0.6 is 0 Å². The number of amides is 1. The molecule has 0 N–H and O–H groups in total. The molecule has 3 heterocycles. The van der Waals surface area contributed by atoms with E-state index in [2.05, 4.69) is 20.0 Å². The summed E-state index contributed by atoms with van der Waals surface area (Å²) in [5.74, 6) is -0.251. The van der Waals surface area contributed by atoms with Gasteiger partial charge in [-0.2, -0.15) is 0 Å². The van der Waals surface area contributed by atoms with Crippen molar-refractivity contribution in [3.05, 3.63) is 60.0 Å². The van der Waals surface area contributed by atoms with E-state index in [-0.39, 0.29) is 23.6 Å². The predicted molar refractivity (Wildman–Crippen MR) is 136 cm³/mol. The lowest BCUT2D eigenvalue weighted by Gasteiger charge is -2.37. The molecule has 2 fully saturated rings. The number of ether oxygens (including phenoxy) is 1. The summed E-state index contributed by atoms with van der Waals surface area (Å²) in [5, 5.41) is 10.5. The molecule has 5 rings (SSSR count). The summed E-state index contributed by atoms with van der Waals surface area (Å²) in [6.45, 7) is 6.04. The van der Waals surface area contributed by atoms with Gasteiger partial charge in [-0.05, 0) is 44.0 Å². The first-order valence-corrected chi connectivity index (χ1v) is 12.5. The number of hydrogen-bond acceptors (Lipinski definition) is 7. The lowest BCUT2D eigenvalue weighted by molar-refractivity contribution is -0.149. The van der Waals surface area contributed by atoms with Crippen LogP contribution in [0.2, 0.25) is 0 Å². The van der Waals surface area contributed by atoms with Crippen molar-refractivity contribution in [3.8, 4) is 0 Å². The average molecular weight is 492 g/mol. The minimum Gasteiger partial charge on any atom is -0.466 e. The van der Waals surface area contributed by atoms with Crippen molar-refractivity contribution >= 4 is 34.2 Å². The number of fused-ring (bicyclic) bond motifs is 1. The van der Waals surface area contributed by atoms with Gasteiger partial charge in [0.2, 0.25) is 0 Å². The van der Waals surface area contributed by atoms with Gasteiger partial charge in [0.15, 0.2) is 11.5 Å². The Kier molecular flexibility index (Phi) is 6.97. The van der Waals surface area contributed by atoms with E-state index >= 15 is 0 Å². The Bertz CT molecular complexity index is 1240. The number of carbonyl (C=O) groups excluding carboxylic acids is 2. The molecule has 0 saturated carbocycles. The zero-order chi connectivity index (χ0) is 25.1. The van der Waals surface area contributed by atoms with Crippen LogP contribution in [0.3, 0.4) is 0 Å². The molecule has 0 bridgehead atoms. The third-order valence-electron chi connectivity index (χ3n) is 6.97. The van der Waals surface area contributed by atoms with E-state index < -0.39 is 0 Å². The van der Waals surface area contributed by atoms with Gasteiger partial charge in [-0.15, -0.1) is 10.2 Å². The molecular formula is C27H30FN5O3. The van der Waals surface area contributed by atoms with Crippen LogP contribution in [-0.4, -0.2) is 72.8 Å². The van der Waals surface area contributed by atoms with Crippen LogP contribution in [0.4, 0.5) is 15.9 Å². The van der Waals surface area contributed by atoms with E-state index in [1.807, 2.05) is 24.3 Å². The molecule has 3 aromatic rings. The minimum absolute atomic E-state index is 0.208. The number of benzene rings is 2. The molecule has 2 aromatic carbocycles. The minimum atomic E-state index is -0.307. The number of nitrogens with zero attached hydrogens (tertiary/aromatic N) is 5. The molecular weight excluding hydrogens is 461 g/mol. The predicted octanol–water partition coefficient (Wildman–Crippen LogP) is 3.51. The van der Waals surface area contributed by atoms with Crippen LogP contribution < -0.4 is 9.80 Å². The summed E-state index contributed by atoms with van der Waals surface area (Å²) < 4.78 is 18.5. The van der Waals surface area contributed by atoms with Crippen molar-refractivity contribution in [1.29, 1.82) is 0 Å². The topological polar surface area (TPSA) is 78.9 Å². The fourth-order valence-electron chi connectivity index (χ4n) is 5.07. The van der Waals surface area contributed by atoms with E-state index in [0.29, 0.717) is 25.4 Å². The standard InChI is InChI=1S/C27H30FN5O3/c1-2-36-27(35)19-6-5-13-33(18-19)26(34)24-22-7-3-4-8-23(22)25(30-29-24)32-16-14-31(15-17-32)21-11-9-20(28)10-12-21/h3-4,7-12,19H,2,5-6,13-18H2,1H3/t19-/m0/s1. The summed E-state index contributed by atoms with van der Waals surface area (Å²) in [5.41, 5.74) is 1.30. The van der Waals surface area contributed by atoms with E-state index in [0.717, 1.165) is 61.3 Å². The lowest BCUT2D eigenvalue weighted by atomic mass is 9.97. The van der Waals surface area contributed by atoms with Gasteiger partial charge in [-0.25, -0.2) is 4.39 Å². The van der Waals surface area contributed by atoms with Gasteiger partial charge in [-0.3, -0.25) is 9.59 Å². The SMILES string of the molecule is CCOC(=O)[C@H]1CCCN(C(=O)c2nnc(N3CCN(c4ccc(F)cc4)CC3)c3ccccc23)C1. The number of esters is 1. The fraction of sp³-hybridized carbons (Fsp3) is 0.407. The Labute approximate surface area is 209 Å². The molecule has 0 radical (unpaired) electrons. The number of anilines is 2. The Balaban J connectivity index is 1.35. The first-order chi connectivity index (χ1) is 17.5. The highest BCUT2D eigenvalue weighted by Gasteiger charge is 2.32. The number of aromatic nitrogens is 2. The molecule has 1 aromatic heterocycles. The fourth-order valence-corrected chi connectivity index (χ4v) is 5.07. The highest BCUT2D eigenvalue weighted by molar-refractivity contribution is 6.07. The Morgan fingerprint density at radius 3 is 2.36 bits per heavy atom. The van der Waals surface area contributed by atoms with E-state index in [9.17, 15) is 14.0 Å². The normalized spacial score (nSPS) is 18.4. The molecule has 1 amide bonds. The molecule has 0 unspecified atom stereocenters. The van der Waals surface area contributed by atoms with Crippen LogP contribution in [-0.2, 0) is 9.53 Å². The van der Waals surface area contributed by atoms with Gasteiger partial charge in [0, 0.05) is 55.7 Å². The maximum atomic E-state index is 13.5. The summed E-state index contributed by atoms with van der Waals surface area (Å²) in [7, 11) is 0. The Morgan fingerprint density at radius 2 is 1.64 bits per heavy atom. The number of halogens is 1. The van der Waals surface area contributed by atoms with Gasteiger partial charge in [-0.1, -0.05) is 24.3 Å². The summed E-state index contributed by atoms with van der Waals surface area (Å²) in [6, 6.07) is 14.3. The molecule has 8 nitrogen and oxygen atoms in total. The highest BCUT2D eigenvalue weighted by atomic mass is 19.1. The molecule has 1 atom stereocenters. The zero-order valence-corrected chi connectivity index (χ0v) is 20.4. The molecule has 188 valence electrons. The van der Waals surface area contributed by atoms with Crippen molar-refractivity contribution < 1.29 is 18.7 Å². The lowest BCUT2D eigenvalue weighted by Crippen LogP contribution is -2.47. The van der Waals surface area contributed by atoms with Crippen LogP contribution in [0.5, 0.6) is 0 Å². The summed E-state index contributed by atoms with van der Waals surface area (Å²) >= 11 is 0.